The molecule has 4 aliphatic rings. The van der Waals surface area contributed by atoms with Crippen molar-refractivity contribution in [3.8, 4) is 0 Å². The predicted molar refractivity (Wildman–Crippen MR) is 88.1 cm³/mol. The van der Waals surface area contributed by atoms with E-state index < -0.39 is 23.5 Å². The standard InChI is InChI=1S/C17H25ClN2O4/c1-9(2)12(13(21)20-15(19)23)24-14(22)16-4-10-3-11(5-16)7-17(18,6-10)8-16/h9-12H,3-8H2,1-2H3,(H3,19,20,21,23)/t10-,11-,12+,16?,17?/m0/s1. The van der Waals surface area contributed by atoms with Crippen LogP contribution in [0.15, 0.2) is 0 Å². The summed E-state index contributed by atoms with van der Waals surface area (Å²) in [7, 11) is 0. The number of nitrogens with one attached hydrogen (secondary N) is 1. The molecule has 4 fully saturated rings. The molecule has 0 aromatic carbocycles. The topological polar surface area (TPSA) is 98.5 Å². The van der Waals surface area contributed by atoms with Crippen LogP contribution in [0.4, 0.5) is 4.79 Å². The maximum Gasteiger partial charge on any atom is 0.318 e. The molecule has 3 atom stereocenters. The molecule has 0 unspecified atom stereocenters. The average Bonchev–Trinajstić information content (AvgIpc) is 2.40. The Morgan fingerprint density at radius 2 is 1.75 bits per heavy atom. The van der Waals surface area contributed by atoms with Crippen LogP contribution in [0.1, 0.15) is 52.4 Å². The number of primary amides is 1. The number of carbonyl (C=O) groups is 3. The summed E-state index contributed by atoms with van der Waals surface area (Å²) in [5, 5.41) is 2.01. The highest BCUT2D eigenvalue weighted by atomic mass is 35.5. The summed E-state index contributed by atoms with van der Waals surface area (Å²) in [6.07, 6.45) is 4.25. The molecule has 0 aromatic rings. The molecule has 24 heavy (non-hydrogen) atoms. The van der Waals surface area contributed by atoms with Gasteiger partial charge in [0.05, 0.1) is 5.41 Å². The minimum absolute atomic E-state index is 0.257. The first-order valence-electron chi connectivity index (χ1n) is 8.63. The van der Waals surface area contributed by atoms with Gasteiger partial charge in [0.15, 0.2) is 6.10 Å². The number of esters is 1. The molecule has 7 heteroatoms. The van der Waals surface area contributed by atoms with E-state index in [4.69, 9.17) is 22.1 Å². The normalized spacial score (nSPS) is 38.0. The fourth-order valence-electron chi connectivity index (χ4n) is 5.31. The minimum Gasteiger partial charge on any atom is -0.452 e. The summed E-state index contributed by atoms with van der Waals surface area (Å²) >= 11 is 6.75. The van der Waals surface area contributed by atoms with Crippen molar-refractivity contribution in [2.24, 2.45) is 28.9 Å². The summed E-state index contributed by atoms with van der Waals surface area (Å²) in [5.41, 5.74) is 4.42. The van der Waals surface area contributed by atoms with Crippen LogP contribution in [0.25, 0.3) is 0 Å². The van der Waals surface area contributed by atoms with Gasteiger partial charge in [0.1, 0.15) is 0 Å². The number of halogens is 1. The van der Waals surface area contributed by atoms with Gasteiger partial charge in [-0.2, -0.15) is 0 Å². The fourth-order valence-corrected chi connectivity index (χ4v) is 6.01. The molecule has 3 N–H and O–H groups in total. The summed E-state index contributed by atoms with van der Waals surface area (Å²) in [6, 6.07) is -0.948. The Labute approximate surface area is 146 Å². The minimum atomic E-state index is -1.02. The lowest BCUT2D eigenvalue weighted by Crippen LogP contribution is -2.57. The number of alkyl halides is 1. The van der Waals surface area contributed by atoms with Crippen molar-refractivity contribution in [3.05, 3.63) is 0 Å². The van der Waals surface area contributed by atoms with Crippen molar-refractivity contribution in [1.29, 1.82) is 0 Å². The molecule has 0 radical (unpaired) electrons. The van der Waals surface area contributed by atoms with E-state index in [0.29, 0.717) is 18.3 Å². The van der Waals surface area contributed by atoms with Crippen LogP contribution in [0.3, 0.4) is 0 Å². The van der Waals surface area contributed by atoms with Crippen molar-refractivity contribution >= 4 is 29.5 Å². The lowest BCUT2D eigenvalue weighted by Gasteiger charge is -2.58. The van der Waals surface area contributed by atoms with Gasteiger partial charge in [-0.15, -0.1) is 11.6 Å². The highest BCUT2D eigenvalue weighted by Crippen LogP contribution is 2.64. The summed E-state index contributed by atoms with van der Waals surface area (Å²) in [4.78, 5) is 35.7. The largest absolute Gasteiger partial charge is 0.452 e. The van der Waals surface area contributed by atoms with Gasteiger partial charge in [-0.05, 0) is 56.3 Å². The number of imide groups is 1. The molecule has 0 aliphatic heterocycles. The predicted octanol–water partition coefficient (Wildman–Crippen LogP) is 2.33. The lowest BCUT2D eigenvalue weighted by molar-refractivity contribution is -0.180. The number of rotatable bonds is 4. The zero-order valence-electron chi connectivity index (χ0n) is 14.1. The van der Waals surface area contributed by atoms with E-state index in [1.54, 1.807) is 13.8 Å². The van der Waals surface area contributed by atoms with Gasteiger partial charge in [-0.1, -0.05) is 13.8 Å². The number of amides is 3. The van der Waals surface area contributed by atoms with E-state index in [1.807, 2.05) is 5.32 Å². The molecular weight excluding hydrogens is 332 g/mol. The molecule has 3 amide bonds. The van der Waals surface area contributed by atoms with Crippen LogP contribution in [-0.2, 0) is 14.3 Å². The molecule has 0 heterocycles. The second-order valence-corrected chi connectivity index (χ2v) is 9.12. The Balaban J connectivity index is 1.76. The number of carbonyl (C=O) groups excluding carboxylic acids is 3. The second-order valence-electron chi connectivity index (χ2n) is 8.32. The average molecular weight is 357 g/mol. The Bertz CT molecular complexity index is 563. The van der Waals surface area contributed by atoms with Gasteiger partial charge >= 0.3 is 12.0 Å². The summed E-state index contributed by atoms with van der Waals surface area (Å²) in [5.74, 6) is -0.343. The molecule has 4 bridgehead atoms. The van der Waals surface area contributed by atoms with E-state index in [2.05, 4.69) is 0 Å². The second kappa shape index (κ2) is 5.90. The van der Waals surface area contributed by atoms with Crippen molar-refractivity contribution in [3.63, 3.8) is 0 Å². The quantitative estimate of drug-likeness (QED) is 0.596. The van der Waals surface area contributed by atoms with Crippen molar-refractivity contribution in [2.75, 3.05) is 0 Å². The van der Waals surface area contributed by atoms with Crippen LogP contribution < -0.4 is 11.1 Å². The van der Waals surface area contributed by atoms with Gasteiger partial charge in [0.25, 0.3) is 5.91 Å². The highest BCUT2D eigenvalue weighted by Gasteiger charge is 2.61. The maximum atomic E-state index is 13.0. The molecule has 134 valence electrons. The zero-order chi connectivity index (χ0) is 17.7. The number of urea groups is 1. The maximum absolute atomic E-state index is 13.0. The smallest absolute Gasteiger partial charge is 0.318 e. The van der Waals surface area contributed by atoms with E-state index >= 15 is 0 Å². The SMILES string of the molecule is CC(C)[C@@H](OC(=O)C12C[C@@H]3C[C@H](CC(Cl)(C3)C1)C2)C(=O)NC(N)=O. The molecule has 4 saturated carbocycles. The zero-order valence-corrected chi connectivity index (χ0v) is 14.9. The first-order chi connectivity index (χ1) is 11.1. The van der Waals surface area contributed by atoms with Crippen LogP contribution in [-0.4, -0.2) is 28.9 Å². The highest BCUT2D eigenvalue weighted by molar-refractivity contribution is 6.24. The van der Waals surface area contributed by atoms with Crippen molar-refractivity contribution < 1.29 is 19.1 Å². The van der Waals surface area contributed by atoms with Gasteiger partial charge in [0, 0.05) is 4.87 Å². The third-order valence-electron chi connectivity index (χ3n) is 5.77. The molecule has 0 aromatic heterocycles. The van der Waals surface area contributed by atoms with Gasteiger partial charge in [0.2, 0.25) is 0 Å². The van der Waals surface area contributed by atoms with Gasteiger partial charge in [-0.25, -0.2) is 4.79 Å². The lowest BCUT2D eigenvalue weighted by atomic mass is 9.49. The number of hydrogen-bond acceptors (Lipinski definition) is 4. The van der Waals surface area contributed by atoms with Crippen molar-refractivity contribution in [2.45, 2.75) is 63.4 Å². The third-order valence-corrected chi connectivity index (χ3v) is 6.21. The van der Waals surface area contributed by atoms with Crippen LogP contribution in [0.2, 0.25) is 0 Å². The Morgan fingerprint density at radius 3 is 2.21 bits per heavy atom. The third kappa shape index (κ3) is 3.13. The van der Waals surface area contributed by atoms with E-state index in [0.717, 1.165) is 32.1 Å². The van der Waals surface area contributed by atoms with Gasteiger partial charge < -0.3 is 10.5 Å². The molecular formula is C17H25ClN2O4. The monoisotopic (exact) mass is 356 g/mol. The summed E-state index contributed by atoms with van der Waals surface area (Å²) < 4.78 is 5.59. The van der Waals surface area contributed by atoms with Crippen molar-refractivity contribution in [1.82, 2.24) is 5.32 Å². The number of hydrogen-bond donors (Lipinski definition) is 2. The number of ether oxygens (including phenoxy) is 1. The van der Waals surface area contributed by atoms with E-state index in [1.165, 1.54) is 0 Å². The number of nitrogens with two attached hydrogens (primary N) is 1. The molecule has 4 rings (SSSR count). The first kappa shape index (κ1) is 17.5. The molecule has 0 spiro atoms. The molecule has 4 aliphatic carbocycles. The van der Waals surface area contributed by atoms with E-state index in [-0.39, 0.29) is 16.8 Å². The van der Waals surface area contributed by atoms with Crippen LogP contribution >= 0.6 is 11.6 Å². The van der Waals surface area contributed by atoms with Crippen LogP contribution in [0.5, 0.6) is 0 Å². The Kier molecular flexibility index (Phi) is 4.31. The summed E-state index contributed by atoms with van der Waals surface area (Å²) in [6.45, 7) is 3.53. The Morgan fingerprint density at radius 1 is 1.17 bits per heavy atom. The van der Waals surface area contributed by atoms with Crippen LogP contribution in [0, 0.1) is 23.2 Å². The Hall–Kier alpha value is -1.30. The molecule has 6 nitrogen and oxygen atoms in total. The van der Waals surface area contributed by atoms with Gasteiger partial charge in [-0.3, -0.25) is 14.9 Å². The first-order valence-corrected chi connectivity index (χ1v) is 9.01. The molecule has 0 saturated heterocycles. The van der Waals surface area contributed by atoms with E-state index in [9.17, 15) is 14.4 Å². The fraction of sp³-hybridized carbons (Fsp3) is 0.824.